The van der Waals surface area contributed by atoms with E-state index in [0.717, 1.165) is 12.8 Å². The molecular formula is C8H12N2O3S. The van der Waals surface area contributed by atoms with E-state index in [1.54, 1.807) is 0 Å². The largest absolute Gasteiger partial charge is 0.468 e. The molecule has 14 heavy (non-hydrogen) atoms. The molecule has 1 heterocycles. The number of hydrogen-bond donors (Lipinski definition) is 0. The third-order valence-electron chi connectivity index (χ3n) is 1.45. The number of thioether (sulfide) groups is 1. The summed E-state index contributed by atoms with van der Waals surface area (Å²) >= 11 is 1.18. The van der Waals surface area contributed by atoms with Crippen LogP contribution in [0.15, 0.2) is 9.64 Å². The van der Waals surface area contributed by atoms with Crippen LogP contribution in [0.3, 0.4) is 0 Å². The SMILES string of the molecule is CCCc1nnc(SCC(=O)OC)o1. The van der Waals surface area contributed by atoms with Crippen LogP contribution in [0.5, 0.6) is 0 Å². The molecule has 6 heteroatoms. The van der Waals surface area contributed by atoms with E-state index < -0.39 is 0 Å². The Hall–Kier alpha value is -1.04. The van der Waals surface area contributed by atoms with Gasteiger partial charge >= 0.3 is 5.97 Å². The maximum absolute atomic E-state index is 10.8. The van der Waals surface area contributed by atoms with E-state index in [-0.39, 0.29) is 11.7 Å². The van der Waals surface area contributed by atoms with Crippen molar-refractivity contribution in [2.45, 2.75) is 25.0 Å². The van der Waals surface area contributed by atoms with E-state index in [4.69, 9.17) is 4.42 Å². The van der Waals surface area contributed by atoms with Crippen molar-refractivity contribution in [3.8, 4) is 0 Å². The van der Waals surface area contributed by atoms with E-state index in [0.29, 0.717) is 11.1 Å². The Bertz CT molecular complexity index is 301. The standard InChI is InChI=1S/C8H12N2O3S/c1-3-4-6-9-10-8(13-6)14-5-7(11)12-2/h3-5H2,1-2H3. The fourth-order valence-electron chi connectivity index (χ4n) is 0.791. The summed E-state index contributed by atoms with van der Waals surface area (Å²) in [6, 6.07) is 0. The topological polar surface area (TPSA) is 65.2 Å². The molecule has 78 valence electrons. The Morgan fingerprint density at radius 1 is 1.57 bits per heavy atom. The molecule has 1 aromatic heterocycles. The first-order valence-corrected chi connectivity index (χ1v) is 5.26. The summed E-state index contributed by atoms with van der Waals surface area (Å²) in [6.45, 7) is 2.03. The number of esters is 1. The predicted octanol–water partition coefficient (Wildman–Crippen LogP) is 1.29. The Balaban J connectivity index is 2.39. The first-order valence-electron chi connectivity index (χ1n) is 4.28. The van der Waals surface area contributed by atoms with Crippen molar-refractivity contribution in [1.82, 2.24) is 10.2 Å². The maximum Gasteiger partial charge on any atom is 0.316 e. The minimum absolute atomic E-state index is 0.199. The summed E-state index contributed by atoms with van der Waals surface area (Å²) in [7, 11) is 1.35. The molecule has 1 aromatic rings. The van der Waals surface area contributed by atoms with Gasteiger partial charge < -0.3 is 9.15 Å². The van der Waals surface area contributed by atoms with Crippen LogP contribution >= 0.6 is 11.8 Å². The molecule has 1 rings (SSSR count). The summed E-state index contributed by atoms with van der Waals surface area (Å²) < 4.78 is 9.73. The molecule has 0 N–H and O–H groups in total. The molecule has 0 aliphatic heterocycles. The normalized spacial score (nSPS) is 10.1. The molecule has 0 radical (unpaired) electrons. The van der Waals surface area contributed by atoms with Gasteiger partial charge in [0.1, 0.15) is 5.75 Å². The van der Waals surface area contributed by atoms with E-state index in [2.05, 4.69) is 14.9 Å². The Labute approximate surface area is 86.2 Å². The highest BCUT2D eigenvalue weighted by molar-refractivity contribution is 7.99. The van der Waals surface area contributed by atoms with Gasteiger partial charge in [0.25, 0.3) is 5.22 Å². The van der Waals surface area contributed by atoms with Gasteiger partial charge in [-0.25, -0.2) is 0 Å². The summed E-state index contributed by atoms with van der Waals surface area (Å²) in [6.07, 6.45) is 1.73. The lowest BCUT2D eigenvalue weighted by atomic mass is 10.3. The molecule has 0 atom stereocenters. The minimum Gasteiger partial charge on any atom is -0.468 e. The highest BCUT2D eigenvalue weighted by Gasteiger charge is 2.08. The number of hydrogen-bond acceptors (Lipinski definition) is 6. The van der Waals surface area contributed by atoms with Gasteiger partial charge in [-0.3, -0.25) is 4.79 Å². The van der Waals surface area contributed by atoms with Gasteiger partial charge in [0.15, 0.2) is 0 Å². The average molecular weight is 216 g/mol. The van der Waals surface area contributed by atoms with Crippen LogP contribution in [0.1, 0.15) is 19.2 Å². The third-order valence-corrected chi connectivity index (χ3v) is 2.25. The summed E-state index contributed by atoms with van der Waals surface area (Å²) in [5.74, 6) is 0.509. The van der Waals surface area contributed by atoms with Crippen LogP contribution in [0, 0.1) is 0 Å². The number of carbonyl (C=O) groups excluding carboxylic acids is 1. The molecule has 0 aliphatic carbocycles. The maximum atomic E-state index is 10.8. The van der Waals surface area contributed by atoms with Crippen LogP contribution in [0.2, 0.25) is 0 Å². The van der Waals surface area contributed by atoms with Crippen LogP contribution in [-0.4, -0.2) is 29.0 Å². The first kappa shape index (κ1) is 11.0. The summed E-state index contributed by atoms with van der Waals surface area (Å²) in [5.41, 5.74) is 0. The number of aromatic nitrogens is 2. The van der Waals surface area contributed by atoms with Crippen molar-refractivity contribution in [2.24, 2.45) is 0 Å². The second kappa shape index (κ2) is 5.64. The van der Waals surface area contributed by atoms with E-state index >= 15 is 0 Å². The van der Waals surface area contributed by atoms with Crippen LogP contribution in [-0.2, 0) is 16.0 Å². The fourth-order valence-corrected chi connectivity index (χ4v) is 1.40. The van der Waals surface area contributed by atoms with Crippen molar-refractivity contribution >= 4 is 17.7 Å². The molecule has 0 fully saturated rings. The molecule has 0 saturated heterocycles. The average Bonchev–Trinajstić information content (AvgIpc) is 2.63. The van der Waals surface area contributed by atoms with Crippen molar-refractivity contribution in [3.63, 3.8) is 0 Å². The van der Waals surface area contributed by atoms with Gasteiger partial charge in [-0.05, 0) is 6.42 Å². The predicted molar refractivity (Wildman–Crippen MR) is 51.0 cm³/mol. The molecular weight excluding hydrogens is 204 g/mol. The number of ether oxygens (including phenoxy) is 1. The van der Waals surface area contributed by atoms with Gasteiger partial charge in [-0.2, -0.15) is 0 Å². The van der Waals surface area contributed by atoms with Gasteiger partial charge in [0.2, 0.25) is 5.89 Å². The quantitative estimate of drug-likeness (QED) is 0.545. The lowest BCUT2D eigenvalue weighted by molar-refractivity contribution is -0.137. The number of aryl methyl sites for hydroxylation is 1. The number of carbonyl (C=O) groups is 1. The fraction of sp³-hybridized carbons (Fsp3) is 0.625. The highest BCUT2D eigenvalue weighted by atomic mass is 32.2. The molecule has 0 bridgehead atoms. The van der Waals surface area contributed by atoms with Gasteiger partial charge in [0.05, 0.1) is 7.11 Å². The van der Waals surface area contributed by atoms with Crippen LogP contribution < -0.4 is 0 Å². The van der Waals surface area contributed by atoms with E-state index in [9.17, 15) is 4.79 Å². The molecule has 0 aromatic carbocycles. The van der Waals surface area contributed by atoms with Crippen LogP contribution in [0.25, 0.3) is 0 Å². The zero-order chi connectivity index (χ0) is 10.4. The lowest BCUT2D eigenvalue weighted by Crippen LogP contribution is -2.02. The summed E-state index contributed by atoms with van der Waals surface area (Å²) in [4.78, 5) is 10.8. The number of methoxy groups -OCH3 is 1. The number of rotatable bonds is 5. The van der Waals surface area contributed by atoms with Crippen molar-refractivity contribution in [3.05, 3.63) is 5.89 Å². The zero-order valence-electron chi connectivity index (χ0n) is 8.15. The molecule has 0 unspecified atom stereocenters. The second-order valence-electron chi connectivity index (χ2n) is 2.58. The monoisotopic (exact) mass is 216 g/mol. The van der Waals surface area contributed by atoms with Crippen molar-refractivity contribution < 1.29 is 13.9 Å². The highest BCUT2D eigenvalue weighted by Crippen LogP contribution is 2.16. The molecule has 0 spiro atoms. The second-order valence-corrected chi connectivity index (χ2v) is 3.50. The molecule has 0 saturated carbocycles. The van der Waals surface area contributed by atoms with E-state index in [1.807, 2.05) is 6.92 Å². The van der Waals surface area contributed by atoms with Crippen LogP contribution in [0.4, 0.5) is 0 Å². The Morgan fingerprint density at radius 3 is 3.00 bits per heavy atom. The zero-order valence-corrected chi connectivity index (χ0v) is 8.97. The van der Waals surface area contributed by atoms with Gasteiger partial charge in [-0.1, -0.05) is 18.7 Å². The molecule has 0 amide bonds. The Morgan fingerprint density at radius 2 is 2.36 bits per heavy atom. The third kappa shape index (κ3) is 3.37. The molecule has 0 aliphatic rings. The van der Waals surface area contributed by atoms with Crippen molar-refractivity contribution in [1.29, 1.82) is 0 Å². The summed E-state index contributed by atoms with van der Waals surface area (Å²) in [5, 5.41) is 8.02. The lowest BCUT2D eigenvalue weighted by Gasteiger charge is -1.93. The smallest absolute Gasteiger partial charge is 0.316 e. The number of nitrogens with zero attached hydrogens (tertiary/aromatic N) is 2. The van der Waals surface area contributed by atoms with E-state index in [1.165, 1.54) is 18.9 Å². The first-order chi connectivity index (χ1) is 6.76. The van der Waals surface area contributed by atoms with Gasteiger partial charge in [0, 0.05) is 6.42 Å². The molecule has 5 nitrogen and oxygen atoms in total. The minimum atomic E-state index is -0.301. The Kier molecular flexibility index (Phi) is 4.45. The van der Waals surface area contributed by atoms with Gasteiger partial charge in [-0.15, -0.1) is 10.2 Å². The van der Waals surface area contributed by atoms with Crippen molar-refractivity contribution in [2.75, 3.05) is 12.9 Å².